The summed E-state index contributed by atoms with van der Waals surface area (Å²) < 4.78 is 19.5. The highest BCUT2D eigenvalue weighted by atomic mass is 35.5. The van der Waals surface area contributed by atoms with E-state index in [-0.39, 0.29) is 24.2 Å². The van der Waals surface area contributed by atoms with Crippen LogP contribution in [0.5, 0.6) is 5.75 Å². The molecule has 0 unspecified atom stereocenters. The van der Waals surface area contributed by atoms with Crippen LogP contribution in [0.1, 0.15) is 35.6 Å². The number of aromatic amines is 1. The van der Waals surface area contributed by atoms with Gasteiger partial charge in [0, 0.05) is 36.8 Å². The number of fused-ring (bicyclic) bond motifs is 1. The predicted octanol–water partition coefficient (Wildman–Crippen LogP) is 2.66. The Morgan fingerprint density at radius 2 is 2.21 bits per heavy atom. The summed E-state index contributed by atoms with van der Waals surface area (Å²) in [4.78, 5) is 12.3. The maximum atomic E-state index is 14.1. The minimum atomic E-state index is -0.543. The number of hydrogen-bond acceptors (Lipinski definition) is 4. The molecule has 0 saturated heterocycles. The molecule has 0 fully saturated rings. The van der Waals surface area contributed by atoms with Crippen molar-refractivity contribution in [3.63, 3.8) is 0 Å². The van der Waals surface area contributed by atoms with Crippen LogP contribution < -0.4 is 15.4 Å². The standard InChI is InChI=1S/C16H19FN4O2.ClH/c1-9(2)23-10-3-4-14(12(17)7-10)19-16(22)15-11-8-18-6-5-13(11)20-21-15;/h3-4,7,9,18H,5-6,8H2,1-2H3,(H,19,22)(H,20,21);1H. The quantitative estimate of drug-likeness (QED) is 0.788. The second kappa shape index (κ2) is 7.63. The molecular weight excluding hydrogens is 335 g/mol. The Kier molecular flexibility index (Phi) is 5.80. The fraction of sp³-hybridized carbons (Fsp3) is 0.375. The summed E-state index contributed by atoms with van der Waals surface area (Å²) in [6.45, 7) is 5.16. The maximum absolute atomic E-state index is 14.1. The number of rotatable bonds is 4. The van der Waals surface area contributed by atoms with Crippen LogP contribution in [-0.4, -0.2) is 28.8 Å². The summed E-state index contributed by atoms with van der Waals surface area (Å²) in [6.07, 6.45) is 0.753. The highest BCUT2D eigenvalue weighted by molar-refractivity contribution is 6.04. The number of hydrogen-bond donors (Lipinski definition) is 3. The Hall–Kier alpha value is -2.12. The zero-order chi connectivity index (χ0) is 16.4. The minimum Gasteiger partial charge on any atom is -0.491 e. The molecule has 8 heteroatoms. The molecule has 1 amide bonds. The van der Waals surface area contributed by atoms with Crippen LogP contribution >= 0.6 is 12.4 Å². The third kappa shape index (κ3) is 3.85. The summed E-state index contributed by atoms with van der Waals surface area (Å²) in [6, 6.07) is 4.37. The number of carbonyl (C=O) groups excluding carboxylic acids is 1. The van der Waals surface area contributed by atoms with E-state index in [1.54, 1.807) is 6.07 Å². The SMILES string of the molecule is CC(C)Oc1ccc(NC(=O)c2n[nH]c3c2CNCC3)c(F)c1.Cl. The third-order valence-electron chi connectivity index (χ3n) is 3.58. The van der Waals surface area contributed by atoms with Crippen molar-refractivity contribution in [3.05, 3.63) is 41.0 Å². The van der Waals surface area contributed by atoms with Crippen molar-refractivity contribution in [1.29, 1.82) is 0 Å². The van der Waals surface area contributed by atoms with Gasteiger partial charge in [0.2, 0.25) is 0 Å². The van der Waals surface area contributed by atoms with Gasteiger partial charge in [-0.3, -0.25) is 9.89 Å². The first-order valence-electron chi connectivity index (χ1n) is 7.59. The zero-order valence-electron chi connectivity index (χ0n) is 13.5. The van der Waals surface area contributed by atoms with Gasteiger partial charge in [-0.25, -0.2) is 4.39 Å². The van der Waals surface area contributed by atoms with Crippen LogP contribution in [0.3, 0.4) is 0 Å². The number of H-pyrrole nitrogens is 1. The van der Waals surface area contributed by atoms with Gasteiger partial charge in [0.1, 0.15) is 11.6 Å². The molecule has 1 aliphatic heterocycles. The van der Waals surface area contributed by atoms with Gasteiger partial charge in [0.25, 0.3) is 5.91 Å². The Bertz CT molecular complexity index is 733. The molecule has 1 aromatic carbocycles. The number of nitrogens with zero attached hydrogens (tertiary/aromatic N) is 1. The average Bonchev–Trinajstić information content (AvgIpc) is 2.93. The second-order valence-corrected chi connectivity index (χ2v) is 5.72. The summed E-state index contributed by atoms with van der Waals surface area (Å²) in [7, 11) is 0. The number of amides is 1. The van der Waals surface area contributed by atoms with E-state index in [0.717, 1.165) is 24.2 Å². The van der Waals surface area contributed by atoms with Gasteiger partial charge < -0.3 is 15.4 Å². The predicted molar refractivity (Wildman–Crippen MR) is 91.4 cm³/mol. The van der Waals surface area contributed by atoms with Gasteiger partial charge in [-0.2, -0.15) is 5.10 Å². The summed E-state index contributed by atoms with van der Waals surface area (Å²) in [5.74, 6) is -0.543. The Labute approximate surface area is 145 Å². The Morgan fingerprint density at radius 1 is 1.42 bits per heavy atom. The molecule has 0 radical (unpaired) electrons. The van der Waals surface area contributed by atoms with Crippen molar-refractivity contribution in [2.24, 2.45) is 0 Å². The van der Waals surface area contributed by atoms with Crippen molar-refractivity contribution in [2.75, 3.05) is 11.9 Å². The normalized spacial score (nSPS) is 13.2. The lowest BCUT2D eigenvalue weighted by molar-refractivity contribution is 0.102. The average molecular weight is 355 g/mol. The lowest BCUT2D eigenvalue weighted by atomic mass is 10.1. The lowest BCUT2D eigenvalue weighted by Crippen LogP contribution is -2.25. The highest BCUT2D eigenvalue weighted by Crippen LogP contribution is 2.23. The van der Waals surface area contributed by atoms with Gasteiger partial charge in [0.05, 0.1) is 11.8 Å². The van der Waals surface area contributed by atoms with Crippen LogP contribution in [0.15, 0.2) is 18.2 Å². The summed E-state index contributed by atoms with van der Waals surface area (Å²) in [5.41, 5.74) is 2.20. The van der Waals surface area contributed by atoms with Gasteiger partial charge in [-0.05, 0) is 26.0 Å². The van der Waals surface area contributed by atoms with E-state index in [1.165, 1.54) is 12.1 Å². The van der Waals surface area contributed by atoms with Crippen molar-refractivity contribution in [1.82, 2.24) is 15.5 Å². The lowest BCUT2D eigenvalue weighted by Gasteiger charge is -2.13. The molecule has 1 aliphatic rings. The van der Waals surface area contributed by atoms with Gasteiger partial charge in [-0.15, -0.1) is 12.4 Å². The van der Waals surface area contributed by atoms with Crippen LogP contribution in [0.2, 0.25) is 0 Å². The van der Waals surface area contributed by atoms with Crippen molar-refractivity contribution >= 4 is 24.0 Å². The van der Waals surface area contributed by atoms with E-state index >= 15 is 0 Å². The fourth-order valence-electron chi connectivity index (χ4n) is 2.54. The molecule has 0 saturated carbocycles. The van der Waals surface area contributed by atoms with Gasteiger partial charge >= 0.3 is 0 Å². The van der Waals surface area contributed by atoms with E-state index in [9.17, 15) is 9.18 Å². The zero-order valence-corrected chi connectivity index (χ0v) is 14.3. The van der Waals surface area contributed by atoms with E-state index < -0.39 is 11.7 Å². The molecule has 0 aliphatic carbocycles. The molecule has 1 aromatic heterocycles. The molecule has 3 N–H and O–H groups in total. The third-order valence-corrected chi connectivity index (χ3v) is 3.58. The number of carbonyl (C=O) groups is 1. The molecule has 0 spiro atoms. The van der Waals surface area contributed by atoms with Crippen molar-refractivity contribution < 1.29 is 13.9 Å². The van der Waals surface area contributed by atoms with Crippen LogP contribution in [0.4, 0.5) is 10.1 Å². The van der Waals surface area contributed by atoms with Gasteiger partial charge in [-0.1, -0.05) is 0 Å². The Balaban J connectivity index is 0.00000208. The van der Waals surface area contributed by atoms with E-state index in [4.69, 9.17) is 4.74 Å². The first kappa shape index (κ1) is 18.2. The number of benzene rings is 1. The minimum absolute atomic E-state index is 0. The fourth-order valence-corrected chi connectivity index (χ4v) is 2.54. The van der Waals surface area contributed by atoms with Crippen LogP contribution in [-0.2, 0) is 13.0 Å². The Morgan fingerprint density at radius 3 is 2.92 bits per heavy atom. The number of ether oxygens (including phenoxy) is 1. The van der Waals surface area contributed by atoms with Gasteiger partial charge in [0.15, 0.2) is 5.69 Å². The molecule has 0 atom stereocenters. The highest BCUT2D eigenvalue weighted by Gasteiger charge is 2.22. The molecule has 0 bridgehead atoms. The van der Waals surface area contributed by atoms with Crippen LogP contribution in [0, 0.1) is 5.82 Å². The first-order valence-corrected chi connectivity index (χ1v) is 7.59. The molecule has 2 heterocycles. The van der Waals surface area contributed by atoms with Crippen LogP contribution in [0.25, 0.3) is 0 Å². The first-order chi connectivity index (χ1) is 11.0. The molecule has 6 nitrogen and oxygen atoms in total. The topological polar surface area (TPSA) is 79.0 Å². The van der Waals surface area contributed by atoms with Crippen molar-refractivity contribution in [3.8, 4) is 5.75 Å². The molecule has 24 heavy (non-hydrogen) atoms. The number of anilines is 1. The van der Waals surface area contributed by atoms with E-state index in [2.05, 4.69) is 20.8 Å². The monoisotopic (exact) mass is 354 g/mol. The van der Waals surface area contributed by atoms with E-state index in [1.807, 2.05) is 13.8 Å². The number of aromatic nitrogens is 2. The smallest absolute Gasteiger partial charge is 0.276 e. The summed E-state index contributed by atoms with van der Waals surface area (Å²) >= 11 is 0. The molecule has 130 valence electrons. The molecule has 3 rings (SSSR count). The largest absolute Gasteiger partial charge is 0.491 e. The molecule has 2 aromatic rings. The number of halogens is 2. The second-order valence-electron chi connectivity index (χ2n) is 5.72. The van der Waals surface area contributed by atoms with Crippen molar-refractivity contribution in [2.45, 2.75) is 32.9 Å². The molecular formula is C16H20ClFN4O2. The van der Waals surface area contributed by atoms with E-state index in [0.29, 0.717) is 18.0 Å². The maximum Gasteiger partial charge on any atom is 0.276 e. The summed E-state index contributed by atoms with van der Waals surface area (Å²) in [5, 5.41) is 12.7. The number of nitrogens with one attached hydrogen (secondary N) is 3.